The van der Waals surface area contributed by atoms with E-state index in [9.17, 15) is 14.9 Å². The highest BCUT2D eigenvalue weighted by Gasteiger charge is 2.35. The number of rotatable bonds is 14. The summed E-state index contributed by atoms with van der Waals surface area (Å²) in [5.41, 5.74) is 5.79. The Hall–Kier alpha value is -6.70. The molecule has 69 heavy (non-hydrogen) atoms. The molecule has 0 aliphatic carbocycles. The fourth-order valence-electron chi connectivity index (χ4n) is 10.5. The number of piperazine rings is 1. The van der Waals surface area contributed by atoms with Gasteiger partial charge in [-0.05, 0) is 81.6 Å². The third-order valence-electron chi connectivity index (χ3n) is 14.4. The van der Waals surface area contributed by atoms with Crippen LogP contribution in [0.25, 0.3) is 16.4 Å². The van der Waals surface area contributed by atoms with Gasteiger partial charge in [0.25, 0.3) is 11.5 Å². The molecule has 16 nitrogen and oxygen atoms in total. The van der Waals surface area contributed by atoms with E-state index < -0.39 is 6.04 Å². The molecule has 3 saturated heterocycles. The predicted molar refractivity (Wildman–Crippen MR) is 270 cm³/mol. The van der Waals surface area contributed by atoms with Gasteiger partial charge >= 0.3 is 6.01 Å². The number of nitrogens with one attached hydrogen (secondary N) is 1. The van der Waals surface area contributed by atoms with Gasteiger partial charge in [0, 0.05) is 98.0 Å². The number of nitrogens with zero attached hydrogens (tertiary/aromatic N) is 12. The van der Waals surface area contributed by atoms with Gasteiger partial charge in [-0.25, -0.2) is 4.98 Å². The third kappa shape index (κ3) is 9.54. The van der Waals surface area contributed by atoms with Crippen LogP contribution in [-0.2, 0) is 37.3 Å². The van der Waals surface area contributed by atoms with Gasteiger partial charge in [-0.1, -0.05) is 55.4 Å². The molecule has 0 spiro atoms. The summed E-state index contributed by atoms with van der Waals surface area (Å²) in [5, 5.41) is 21.1. The fraction of sp³-hybridized carbons (Fsp3) is 0.442. The lowest BCUT2D eigenvalue weighted by Crippen LogP contribution is -2.56. The van der Waals surface area contributed by atoms with Crippen LogP contribution in [0.1, 0.15) is 67.8 Å². The van der Waals surface area contributed by atoms with E-state index in [-0.39, 0.29) is 36.0 Å². The molecule has 1 N–H and O–H groups in total. The number of nitriles is 1. The number of hydrogen-bond donors (Lipinski definition) is 1. The number of aromatic nitrogens is 6. The molecule has 6 aromatic rings. The minimum atomic E-state index is -0.442. The van der Waals surface area contributed by atoms with Gasteiger partial charge in [-0.15, -0.1) is 0 Å². The number of fused-ring (bicyclic) bond motifs is 3. The number of ether oxygens (including phenoxy) is 1. The van der Waals surface area contributed by atoms with Crippen molar-refractivity contribution in [3.63, 3.8) is 0 Å². The van der Waals surface area contributed by atoms with Crippen molar-refractivity contribution in [3.05, 3.63) is 117 Å². The zero-order chi connectivity index (χ0) is 47.6. The first kappa shape index (κ1) is 46.1. The predicted octanol–water partition coefficient (Wildman–Crippen LogP) is 6.88. The lowest BCUT2D eigenvalue weighted by Gasteiger charge is -2.42. The molecule has 1 amide bonds. The second kappa shape index (κ2) is 20.1. The van der Waals surface area contributed by atoms with Crippen molar-refractivity contribution < 1.29 is 9.53 Å². The van der Waals surface area contributed by atoms with Crippen LogP contribution in [0.5, 0.6) is 6.01 Å². The molecule has 0 radical (unpaired) electrons. The lowest BCUT2D eigenvalue weighted by molar-refractivity contribution is -0.130. The molecule has 2 atom stereocenters. The average Bonchev–Trinajstić information content (AvgIpc) is 4.00. The van der Waals surface area contributed by atoms with Crippen LogP contribution in [0.2, 0.25) is 5.02 Å². The number of carbonyl (C=O) groups is 1. The molecule has 2 unspecified atom stereocenters. The Balaban J connectivity index is 0.853. The Kier molecular flexibility index (Phi) is 13.4. The summed E-state index contributed by atoms with van der Waals surface area (Å²) >= 11 is 6.81. The summed E-state index contributed by atoms with van der Waals surface area (Å²) in [5.74, 6) is 2.25. The van der Waals surface area contributed by atoms with Gasteiger partial charge < -0.3 is 39.1 Å². The standard InChI is InChI=1S/C52H60ClN13O3/c1-4-37-29-56-66-45(27-46(58-49(37)66)61-22-6-5-7-23-61)55-28-36-16-17-47(67)64(31-36)30-35(2)51(68)65-26-25-63(32-39(65)18-20-54)50-41-19-24-62(44-15-9-12-38-11-8-14-42(53)48(38)44)33-43(41)57-52(59-50)69-34-40-13-10-21-60(40)3/h8-9,11-12,14-17,27,29,31,39-40,55H,2,4-7,10,13,18-19,21-26,28,30,32-34H2,1,3H3. The van der Waals surface area contributed by atoms with Crippen molar-refractivity contribution in [2.45, 2.75) is 90.0 Å². The lowest BCUT2D eigenvalue weighted by atomic mass is 10.0. The van der Waals surface area contributed by atoms with Crippen LogP contribution in [0, 0.1) is 11.3 Å². The molecular formula is C52H60ClN13O3. The molecule has 17 heteroatoms. The summed E-state index contributed by atoms with van der Waals surface area (Å²) in [6, 6.07) is 20.1. The molecule has 4 aliphatic heterocycles. The number of halogens is 1. The monoisotopic (exact) mass is 949 g/mol. The molecule has 358 valence electrons. The SMILES string of the molecule is C=C(Cn1cc(CNc2cc(N3CCCCC3)nc3c(CC)cnn23)ccc1=O)C(=O)N1CCN(c2nc(OCC3CCCN3C)nc3c2CCN(c2cccc4cccc(Cl)c24)C3)CC1CC#N. The van der Waals surface area contributed by atoms with Crippen molar-refractivity contribution in [2.24, 2.45) is 0 Å². The number of pyridine rings is 1. The molecule has 10 rings (SSSR count). The van der Waals surface area contributed by atoms with Gasteiger partial charge in [0.15, 0.2) is 5.65 Å². The van der Waals surface area contributed by atoms with E-state index >= 15 is 0 Å². The van der Waals surface area contributed by atoms with Crippen LogP contribution in [0.3, 0.4) is 0 Å². The van der Waals surface area contributed by atoms with E-state index in [4.69, 9.17) is 31.3 Å². The van der Waals surface area contributed by atoms with Crippen molar-refractivity contribution in [1.29, 1.82) is 5.26 Å². The minimum Gasteiger partial charge on any atom is -0.462 e. The number of amides is 1. The average molecular weight is 951 g/mol. The Labute approximate surface area is 407 Å². The maximum atomic E-state index is 14.4. The number of benzene rings is 2. The first-order valence-corrected chi connectivity index (χ1v) is 24.8. The summed E-state index contributed by atoms with van der Waals surface area (Å²) in [7, 11) is 2.13. The van der Waals surface area contributed by atoms with Crippen molar-refractivity contribution in [3.8, 4) is 12.1 Å². The topological polar surface area (TPSA) is 156 Å². The molecule has 2 aromatic carbocycles. The Morgan fingerprint density at radius 3 is 2.59 bits per heavy atom. The number of likely N-dealkylation sites (tertiary alicyclic amines) is 1. The summed E-state index contributed by atoms with van der Waals surface area (Å²) in [6.07, 6.45) is 11.0. The Morgan fingerprint density at radius 2 is 1.80 bits per heavy atom. The molecule has 0 saturated carbocycles. The normalized spacial score (nSPS) is 18.7. The first-order chi connectivity index (χ1) is 33.6. The van der Waals surface area contributed by atoms with E-state index in [2.05, 4.69) is 87.0 Å². The number of aryl methyl sites for hydroxylation is 1. The quantitative estimate of drug-likeness (QED) is 0.113. The van der Waals surface area contributed by atoms with E-state index in [0.29, 0.717) is 56.8 Å². The summed E-state index contributed by atoms with van der Waals surface area (Å²) < 4.78 is 9.80. The number of piperidine rings is 1. The van der Waals surface area contributed by atoms with Gasteiger partial charge in [0.2, 0.25) is 0 Å². The molecule has 3 fully saturated rings. The minimum absolute atomic E-state index is 0.0112. The molecule has 0 bridgehead atoms. The zero-order valence-electron chi connectivity index (χ0n) is 39.6. The van der Waals surface area contributed by atoms with Crippen molar-refractivity contribution in [2.75, 3.05) is 79.5 Å². The Bertz CT molecular complexity index is 2990. The maximum absolute atomic E-state index is 14.4. The molecule has 8 heterocycles. The van der Waals surface area contributed by atoms with Crippen LogP contribution < -0.4 is 30.3 Å². The molecule has 4 aliphatic rings. The van der Waals surface area contributed by atoms with Gasteiger partial charge in [0.05, 0.1) is 48.5 Å². The highest BCUT2D eigenvalue weighted by Crippen LogP contribution is 2.38. The van der Waals surface area contributed by atoms with Crippen LogP contribution >= 0.6 is 11.6 Å². The maximum Gasteiger partial charge on any atom is 0.318 e. The van der Waals surface area contributed by atoms with E-state index in [1.165, 1.54) is 17.1 Å². The molecule has 4 aromatic heterocycles. The highest BCUT2D eigenvalue weighted by molar-refractivity contribution is 6.36. The number of likely N-dealkylation sites (N-methyl/N-ethyl adjacent to an activating group) is 1. The van der Waals surface area contributed by atoms with Crippen molar-refractivity contribution in [1.82, 2.24) is 38.9 Å². The van der Waals surface area contributed by atoms with E-state index in [1.54, 1.807) is 17.2 Å². The van der Waals surface area contributed by atoms with Gasteiger partial charge in [-0.3, -0.25) is 9.59 Å². The van der Waals surface area contributed by atoms with Crippen LogP contribution in [-0.4, -0.2) is 116 Å². The van der Waals surface area contributed by atoms with Gasteiger partial charge in [-0.2, -0.15) is 24.8 Å². The second-order valence-corrected chi connectivity index (χ2v) is 19.3. The highest BCUT2D eigenvalue weighted by atomic mass is 35.5. The smallest absolute Gasteiger partial charge is 0.318 e. The number of carbonyl (C=O) groups excluding carboxylic acids is 1. The first-order valence-electron chi connectivity index (χ1n) is 24.5. The van der Waals surface area contributed by atoms with Crippen LogP contribution in [0.15, 0.2) is 83.9 Å². The Morgan fingerprint density at radius 1 is 0.957 bits per heavy atom. The third-order valence-corrected chi connectivity index (χ3v) is 14.7. The summed E-state index contributed by atoms with van der Waals surface area (Å²) in [4.78, 5) is 53.7. The van der Waals surface area contributed by atoms with Crippen molar-refractivity contribution >= 4 is 57.1 Å². The summed E-state index contributed by atoms with van der Waals surface area (Å²) in [6.45, 7) is 12.7. The van der Waals surface area contributed by atoms with E-state index in [0.717, 1.165) is 120 Å². The second-order valence-electron chi connectivity index (χ2n) is 18.9. The number of anilines is 4. The fourth-order valence-corrected chi connectivity index (χ4v) is 10.8. The van der Waals surface area contributed by atoms with Gasteiger partial charge in [0.1, 0.15) is 24.1 Å². The van der Waals surface area contributed by atoms with Crippen LogP contribution in [0.4, 0.5) is 23.1 Å². The van der Waals surface area contributed by atoms with E-state index in [1.807, 2.05) is 22.8 Å². The zero-order valence-corrected chi connectivity index (χ0v) is 40.4. The largest absolute Gasteiger partial charge is 0.462 e. The molecular weight excluding hydrogens is 890 g/mol. The number of hydrogen-bond acceptors (Lipinski definition) is 13.